The van der Waals surface area contributed by atoms with Gasteiger partial charge < -0.3 is 15.5 Å². The predicted molar refractivity (Wildman–Crippen MR) is 86.4 cm³/mol. The summed E-state index contributed by atoms with van der Waals surface area (Å²) >= 11 is 0. The van der Waals surface area contributed by atoms with E-state index in [9.17, 15) is 0 Å². The smallest absolute Gasteiger partial charge is 0.134 e. The van der Waals surface area contributed by atoms with Crippen LogP contribution < -0.4 is 10.6 Å². The first-order valence-electron chi connectivity index (χ1n) is 7.48. The molecule has 0 radical (unpaired) electrons. The number of anilines is 2. The van der Waals surface area contributed by atoms with Crippen molar-refractivity contribution >= 4 is 11.6 Å². The number of rotatable bonds is 8. The molecule has 0 fully saturated rings. The average molecular weight is 279 g/mol. The molecule has 1 atom stereocenters. The van der Waals surface area contributed by atoms with Gasteiger partial charge in [-0.05, 0) is 33.4 Å². The molecule has 1 unspecified atom stereocenters. The zero-order valence-corrected chi connectivity index (χ0v) is 13.7. The summed E-state index contributed by atoms with van der Waals surface area (Å²) in [4.78, 5) is 11.0. The highest BCUT2D eigenvalue weighted by molar-refractivity contribution is 5.57. The van der Waals surface area contributed by atoms with Crippen LogP contribution in [0.5, 0.6) is 0 Å². The van der Waals surface area contributed by atoms with E-state index in [-0.39, 0.29) is 0 Å². The van der Waals surface area contributed by atoms with Crippen LogP contribution in [-0.2, 0) is 6.42 Å². The summed E-state index contributed by atoms with van der Waals surface area (Å²) in [5, 5.41) is 6.90. The molecule has 2 N–H and O–H groups in total. The second kappa shape index (κ2) is 8.04. The Balaban J connectivity index is 2.96. The summed E-state index contributed by atoms with van der Waals surface area (Å²) in [6.07, 6.45) is 2.55. The highest BCUT2D eigenvalue weighted by Gasteiger charge is 2.17. The van der Waals surface area contributed by atoms with Gasteiger partial charge in [0.05, 0.1) is 0 Å². The number of hydrogen-bond acceptors (Lipinski definition) is 5. The minimum absolute atomic E-state index is 0.375. The molecule has 1 aromatic heterocycles. The van der Waals surface area contributed by atoms with Gasteiger partial charge in [-0.1, -0.05) is 20.8 Å². The highest BCUT2D eigenvalue weighted by atomic mass is 15.1. The third kappa shape index (κ3) is 4.63. The van der Waals surface area contributed by atoms with Gasteiger partial charge in [0, 0.05) is 24.7 Å². The fourth-order valence-electron chi connectivity index (χ4n) is 2.18. The Kier molecular flexibility index (Phi) is 6.71. The van der Waals surface area contributed by atoms with E-state index in [1.807, 2.05) is 0 Å². The van der Waals surface area contributed by atoms with E-state index in [1.165, 1.54) is 5.56 Å². The average Bonchev–Trinajstić information content (AvgIpc) is 2.38. The molecule has 1 rings (SSSR count). The van der Waals surface area contributed by atoms with Crippen molar-refractivity contribution in [3.05, 3.63) is 11.9 Å². The first-order chi connectivity index (χ1) is 9.49. The number of aromatic nitrogens is 2. The Bertz CT molecular complexity index is 403. The second-order valence-corrected chi connectivity index (χ2v) is 5.69. The third-order valence-electron chi connectivity index (χ3n) is 3.33. The van der Waals surface area contributed by atoms with E-state index in [1.54, 1.807) is 6.33 Å². The van der Waals surface area contributed by atoms with Gasteiger partial charge in [0.25, 0.3) is 0 Å². The SMILES string of the molecule is CCNc1ncnc(NC(CN(C)C)C(C)C)c1CC. The van der Waals surface area contributed by atoms with Crippen LogP contribution >= 0.6 is 0 Å². The summed E-state index contributed by atoms with van der Waals surface area (Å²) in [5.41, 5.74) is 1.17. The number of nitrogens with zero attached hydrogens (tertiary/aromatic N) is 3. The lowest BCUT2D eigenvalue weighted by molar-refractivity contribution is 0.344. The van der Waals surface area contributed by atoms with Crippen LogP contribution in [0.25, 0.3) is 0 Å². The van der Waals surface area contributed by atoms with Crippen LogP contribution in [0.3, 0.4) is 0 Å². The summed E-state index contributed by atoms with van der Waals surface area (Å²) < 4.78 is 0. The maximum atomic E-state index is 4.44. The maximum Gasteiger partial charge on any atom is 0.134 e. The normalized spacial score (nSPS) is 12.8. The summed E-state index contributed by atoms with van der Waals surface area (Å²) in [6.45, 7) is 10.5. The van der Waals surface area contributed by atoms with Crippen LogP contribution in [0, 0.1) is 5.92 Å². The Morgan fingerprint density at radius 1 is 1.15 bits per heavy atom. The summed E-state index contributed by atoms with van der Waals surface area (Å²) in [5.74, 6) is 2.44. The van der Waals surface area contributed by atoms with E-state index in [2.05, 4.69) is 67.3 Å². The van der Waals surface area contributed by atoms with E-state index in [0.717, 1.165) is 31.1 Å². The van der Waals surface area contributed by atoms with Gasteiger partial charge in [-0.2, -0.15) is 0 Å². The molecule has 0 spiro atoms. The van der Waals surface area contributed by atoms with Crippen LogP contribution in [-0.4, -0.2) is 48.1 Å². The van der Waals surface area contributed by atoms with Gasteiger partial charge in [-0.25, -0.2) is 9.97 Å². The standard InChI is InChI=1S/C15H29N5/c1-7-12-14(16-8-2)17-10-18-15(12)19-13(11(3)4)9-20(5)6/h10-11,13H,7-9H2,1-6H3,(H2,16,17,18,19). The molecular weight excluding hydrogens is 250 g/mol. The zero-order valence-electron chi connectivity index (χ0n) is 13.7. The number of likely N-dealkylation sites (N-methyl/N-ethyl adjacent to an activating group) is 1. The van der Waals surface area contributed by atoms with Crippen molar-refractivity contribution in [2.45, 2.75) is 40.2 Å². The third-order valence-corrected chi connectivity index (χ3v) is 3.33. The first-order valence-corrected chi connectivity index (χ1v) is 7.48. The van der Waals surface area contributed by atoms with Gasteiger partial charge in [-0.3, -0.25) is 0 Å². The van der Waals surface area contributed by atoms with Crippen LogP contribution in [0.15, 0.2) is 6.33 Å². The Hall–Kier alpha value is -1.36. The van der Waals surface area contributed by atoms with E-state index in [4.69, 9.17) is 0 Å². The molecule has 0 aliphatic heterocycles. The topological polar surface area (TPSA) is 53.1 Å². The van der Waals surface area contributed by atoms with Gasteiger partial charge in [-0.15, -0.1) is 0 Å². The van der Waals surface area contributed by atoms with Gasteiger partial charge in [0.2, 0.25) is 0 Å². The fourth-order valence-corrected chi connectivity index (χ4v) is 2.18. The van der Waals surface area contributed by atoms with E-state index < -0.39 is 0 Å². The summed E-state index contributed by atoms with van der Waals surface area (Å²) in [7, 11) is 4.20. The van der Waals surface area contributed by atoms with Crippen LogP contribution in [0.4, 0.5) is 11.6 Å². The molecule has 20 heavy (non-hydrogen) atoms. The van der Waals surface area contributed by atoms with E-state index in [0.29, 0.717) is 12.0 Å². The Morgan fingerprint density at radius 2 is 1.80 bits per heavy atom. The van der Waals surface area contributed by atoms with Gasteiger partial charge >= 0.3 is 0 Å². The van der Waals surface area contributed by atoms with Crippen molar-refractivity contribution in [3.63, 3.8) is 0 Å². The quantitative estimate of drug-likeness (QED) is 0.765. The number of hydrogen-bond donors (Lipinski definition) is 2. The monoisotopic (exact) mass is 279 g/mol. The molecule has 0 aliphatic rings. The van der Waals surface area contributed by atoms with Crippen LogP contribution in [0.1, 0.15) is 33.3 Å². The number of nitrogens with one attached hydrogen (secondary N) is 2. The van der Waals surface area contributed by atoms with E-state index >= 15 is 0 Å². The largest absolute Gasteiger partial charge is 0.370 e. The molecule has 0 saturated carbocycles. The highest BCUT2D eigenvalue weighted by Crippen LogP contribution is 2.22. The Morgan fingerprint density at radius 3 is 2.30 bits per heavy atom. The van der Waals surface area contributed by atoms with Crippen molar-refractivity contribution in [3.8, 4) is 0 Å². The lowest BCUT2D eigenvalue weighted by Gasteiger charge is -2.27. The molecular formula is C15H29N5. The lowest BCUT2D eigenvalue weighted by atomic mass is 10.0. The van der Waals surface area contributed by atoms with Crippen molar-refractivity contribution in [1.29, 1.82) is 0 Å². The minimum atomic E-state index is 0.375. The molecule has 0 amide bonds. The predicted octanol–water partition coefficient (Wildman–Crippen LogP) is 2.47. The molecule has 0 bridgehead atoms. The second-order valence-electron chi connectivity index (χ2n) is 5.69. The van der Waals surface area contributed by atoms with Gasteiger partial charge in [0.1, 0.15) is 18.0 Å². The molecule has 0 saturated heterocycles. The molecule has 114 valence electrons. The molecule has 5 heteroatoms. The van der Waals surface area contributed by atoms with Crippen molar-refractivity contribution < 1.29 is 0 Å². The first kappa shape index (κ1) is 16.7. The lowest BCUT2D eigenvalue weighted by Crippen LogP contribution is -2.37. The van der Waals surface area contributed by atoms with Crippen molar-refractivity contribution in [2.24, 2.45) is 5.92 Å². The Labute approximate surface area is 123 Å². The molecule has 1 aromatic rings. The molecule has 0 aromatic carbocycles. The molecule has 0 aliphatic carbocycles. The van der Waals surface area contributed by atoms with Crippen LogP contribution in [0.2, 0.25) is 0 Å². The maximum absolute atomic E-state index is 4.44. The minimum Gasteiger partial charge on any atom is -0.370 e. The molecule has 5 nitrogen and oxygen atoms in total. The molecule has 1 heterocycles. The van der Waals surface area contributed by atoms with Gasteiger partial charge in [0.15, 0.2) is 0 Å². The zero-order chi connectivity index (χ0) is 15.1. The fraction of sp³-hybridized carbons (Fsp3) is 0.733. The van der Waals surface area contributed by atoms with Crippen molar-refractivity contribution in [2.75, 3.05) is 37.8 Å². The van der Waals surface area contributed by atoms with Crippen molar-refractivity contribution in [1.82, 2.24) is 14.9 Å². The summed E-state index contributed by atoms with van der Waals surface area (Å²) in [6, 6.07) is 0.375.